The van der Waals surface area contributed by atoms with Gasteiger partial charge in [-0.2, -0.15) is 0 Å². The van der Waals surface area contributed by atoms with Crippen LogP contribution in [0, 0.1) is 0 Å². The minimum absolute atomic E-state index is 0.290. The molecule has 1 fully saturated rings. The average Bonchev–Trinajstić information content (AvgIpc) is 2.92. The Labute approximate surface area is 124 Å². The number of thiocarbonyl (C=S) groups is 1. The Hall–Kier alpha value is -0.840. The molecule has 0 aromatic heterocycles. The third kappa shape index (κ3) is 4.34. The first-order valence-electron chi connectivity index (χ1n) is 6.51. The van der Waals surface area contributed by atoms with Crippen LogP contribution in [0.1, 0.15) is 18.4 Å². The zero-order valence-electron chi connectivity index (χ0n) is 11.1. The van der Waals surface area contributed by atoms with Crippen molar-refractivity contribution in [3.63, 3.8) is 0 Å². The molecule has 5 heteroatoms. The summed E-state index contributed by atoms with van der Waals surface area (Å²) in [4.78, 5) is 2.15. The van der Waals surface area contributed by atoms with Crippen molar-refractivity contribution in [2.75, 3.05) is 20.2 Å². The van der Waals surface area contributed by atoms with Crippen molar-refractivity contribution in [2.45, 2.75) is 25.5 Å². The molecule has 2 rings (SSSR count). The van der Waals surface area contributed by atoms with Gasteiger partial charge in [-0.1, -0.05) is 23.7 Å². The smallest absolute Gasteiger partial charge is 0.169 e. The van der Waals surface area contributed by atoms with E-state index >= 15 is 0 Å². The molecule has 0 radical (unpaired) electrons. The van der Waals surface area contributed by atoms with E-state index in [2.05, 4.69) is 10.2 Å². The van der Waals surface area contributed by atoms with Gasteiger partial charge in [0.05, 0.1) is 6.10 Å². The van der Waals surface area contributed by atoms with E-state index in [0.717, 1.165) is 42.7 Å². The first-order valence-corrected chi connectivity index (χ1v) is 7.30. The second-order valence-electron chi connectivity index (χ2n) is 4.70. The summed E-state index contributed by atoms with van der Waals surface area (Å²) in [6.07, 6.45) is 2.55. The molecule has 1 heterocycles. The molecule has 1 aliphatic heterocycles. The van der Waals surface area contributed by atoms with E-state index in [4.69, 9.17) is 28.6 Å². The average molecular weight is 299 g/mol. The standard InChI is InChI=1S/C14H19ClN2OS/c1-16-14(19)17(10-13-3-2-8-18-13)9-11-4-6-12(15)7-5-11/h4-7,13H,2-3,8-10H2,1H3,(H,16,19)/t13-/m1/s1. The zero-order chi connectivity index (χ0) is 13.7. The van der Waals surface area contributed by atoms with Gasteiger partial charge in [0.1, 0.15) is 0 Å². The maximum atomic E-state index is 5.90. The van der Waals surface area contributed by atoms with Gasteiger partial charge in [0.25, 0.3) is 0 Å². The summed E-state index contributed by atoms with van der Waals surface area (Å²) in [5.74, 6) is 0. The van der Waals surface area contributed by atoms with Crippen LogP contribution in [0.2, 0.25) is 5.02 Å². The number of hydrogen-bond acceptors (Lipinski definition) is 2. The van der Waals surface area contributed by atoms with Crippen molar-refractivity contribution in [1.82, 2.24) is 10.2 Å². The van der Waals surface area contributed by atoms with Crippen LogP contribution < -0.4 is 5.32 Å². The van der Waals surface area contributed by atoms with Crippen molar-refractivity contribution in [1.29, 1.82) is 0 Å². The van der Waals surface area contributed by atoms with Gasteiger partial charge >= 0.3 is 0 Å². The normalized spacial score (nSPS) is 18.3. The fourth-order valence-corrected chi connectivity index (χ4v) is 2.49. The minimum atomic E-state index is 0.290. The zero-order valence-corrected chi connectivity index (χ0v) is 12.6. The summed E-state index contributed by atoms with van der Waals surface area (Å²) in [5, 5.41) is 4.56. The van der Waals surface area contributed by atoms with Crippen LogP contribution in [-0.2, 0) is 11.3 Å². The van der Waals surface area contributed by atoms with E-state index in [9.17, 15) is 0 Å². The molecule has 0 aliphatic carbocycles. The number of halogens is 1. The molecule has 1 saturated heterocycles. The monoisotopic (exact) mass is 298 g/mol. The molecule has 1 aliphatic rings. The summed E-state index contributed by atoms with van der Waals surface area (Å²) in [6, 6.07) is 7.87. The third-order valence-electron chi connectivity index (χ3n) is 3.24. The quantitative estimate of drug-likeness (QED) is 0.864. The van der Waals surface area contributed by atoms with Gasteiger partial charge in [-0.3, -0.25) is 0 Å². The lowest BCUT2D eigenvalue weighted by molar-refractivity contribution is 0.0899. The summed E-state index contributed by atoms with van der Waals surface area (Å²) in [5.41, 5.74) is 1.19. The van der Waals surface area contributed by atoms with Gasteiger partial charge in [0.15, 0.2) is 5.11 Å². The van der Waals surface area contributed by atoms with Crippen molar-refractivity contribution < 1.29 is 4.74 Å². The van der Waals surface area contributed by atoms with E-state index in [1.54, 1.807) is 0 Å². The number of nitrogens with zero attached hydrogens (tertiary/aromatic N) is 1. The number of rotatable bonds is 4. The molecule has 1 aromatic carbocycles. The van der Waals surface area contributed by atoms with Crippen LogP contribution in [0.25, 0.3) is 0 Å². The Balaban J connectivity index is 2.00. The lowest BCUT2D eigenvalue weighted by atomic mass is 10.2. The predicted molar refractivity (Wildman–Crippen MR) is 82.5 cm³/mol. The number of hydrogen-bond donors (Lipinski definition) is 1. The third-order valence-corrected chi connectivity index (χ3v) is 3.95. The molecule has 104 valence electrons. The topological polar surface area (TPSA) is 24.5 Å². The largest absolute Gasteiger partial charge is 0.376 e. The number of ether oxygens (including phenoxy) is 1. The lowest BCUT2D eigenvalue weighted by Gasteiger charge is -2.27. The Bertz CT molecular complexity index is 418. The molecular weight excluding hydrogens is 280 g/mol. The van der Waals surface area contributed by atoms with Gasteiger partial charge in [-0.05, 0) is 42.8 Å². The van der Waals surface area contributed by atoms with Crippen molar-refractivity contribution >= 4 is 28.9 Å². The highest BCUT2D eigenvalue weighted by Crippen LogP contribution is 2.16. The molecule has 0 unspecified atom stereocenters. The maximum Gasteiger partial charge on any atom is 0.169 e. The van der Waals surface area contributed by atoms with Crippen molar-refractivity contribution in [2.24, 2.45) is 0 Å². The van der Waals surface area contributed by atoms with Gasteiger partial charge in [0.2, 0.25) is 0 Å². The second-order valence-corrected chi connectivity index (χ2v) is 5.52. The SMILES string of the molecule is CNC(=S)N(Cc1ccc(Cl)cc1)C[C@H]1CCCO1. The van der Waals surface area contributed by atoms with E-state index in [-0.39, 0.29) is 0 Å². The van der Waals surface area contributed by atoms with Gasteiger partial charge in [-0.15, -0.1) is 0 Å². The predicted octanol–water partition coefficient (Wildman–Crippen LogP) is 2.83. The van der Waals surface area contributed by atoms with Gasteiger partial charge in [-0.25, -0.2) is 0 Å². The van der Waals surface area contributed by atoms with E-state index < -0.39 is 0 Å². The summed E-state index contributed by atoms with van der Waals surface area (Å²) >= 11 is 11.3. The van der Waals surface area contributed by atoms with E-state index in [0.29, 0.717) is 6.10 Å². The Morgan fingerprint density at radius 3 is 2.79 bits per heavy atom. The molecule has 0 bridgehead atoms. The maximum absolute atomic E-state index is 5.90. The second kappa shape index (κ2) is 7.08. The molecule has 0 saturated carbocycles. The lowest BCUT2D eigenvalue weighted by Crippen LogP contribution is -2.41. The molecule has 1 N–H and O–H groups in total. The molecule has 1 atom stereocenters. The first kappa shape index (κ1) is 14.6. The summed E-state index contributed by atoms with van der Waals surface area (Å²) in [6.45, 7) is 2.48. The van der Waals surface area contributed by atoms with Crippen molar-refractivity contribution in [3.05, 3.63) is 34.9 Å². The van der Waals surface area contributed by atoms with Crippen molar-refractivity contribution in [3.8, 4) is 0 Å². The molecule has 0 spiro atoms. The fourth-order valence-electron chi connectivity index (χ4n) is 2.22. The fraction of sp³-hybridized carbons (Fsp3) is 0.500. The molecule has 1 aromatic rings. The first-order chi connectivity index (χ1) is 9.19. The van der Waals surface area contributed by atoms with Gasteiger partial charge < -0.3 is 15.0 Å². The highest BCUT2D eigenvalue weighted by molar-refractivity contribution is 7.80. The highest BCUT2D eigenvalue weighted by atomic mass is 35.5. The highest BCUT2D eigenvalue weighted by Gasteiger charge is 2.20. The minimum Gasteiger partial charge on any atom is -0.376 e. The summed E-state index contributed by atoms with van der Waals surface area (Å²) in [7, 11) is 1.85. The number of nitrogens with one attached hydrogen (secondary N) is 1. The van der Waals surface area contributed by atoms with Crippen LogP contribution in [0.15, 0.2) is 24.3 Å². The van der Waals surface area contributed by atoms with Crippen LogP contribution in [-0.4, -0.2) is 36.3 Å². The van der Waals surface area contributed by atoms with E-state index in [1.165, 1.54) is 5.56 Å². The molecule has 3 nitrogen and oxygen atoms in total. The molecule has 19 heavy (non-hydrogen) atoms. The summed E-state index contributed by atoms with van der Waals surface area (Å²) < 4.78 is 5.68. The van der Waals surface area contributed by atoms with Crippen LogP contribution in [0.5, 0.6) is 0 Å². The van der Waals surface area contributed by atoms with Gasteiger partial charge in [0, 0.05) is 31.8 Å². The van der Waals surface area contributed by atoms with Crippen LogP contribution >= 0.6 is 23.8 Å². The molecule has 0 amide bonds. The number of benzene rings is 1. The van der Waals surface area contributed by atoms with E-state index in [1.807, 2.05) is 31.3 Å². The Morgan fingerprint density at radius 2 is 2.21 bits per heavy atom. The Kier molecular flexibility index (Phi) is 5.43. The molecular formula is C14H19ClN2OS. The van der Waals surface area contributed by atoms with Crippen LogP contribution in [0.4, 0.5) is 0 Å². The Morgan fingerprint density at radius 1 is 1.47 bits per heavy atom. The van der Waals surface area contributed by atoms with Crippen LogP contribution in [0.3, 0.4) is 0 Å².